The van der Waals surface area contributed by atoms with Gasteiger partial charge in [-0.15, -0.1) is 11.3 Å². The number of Topliss-reactive ketones (excluding diaryl/α,β-unsaturated/α-hetero) is 1. The number of carbonyl (C=O) groups is 1. The van der Waals surface area contributed by atoms with E-state index in [1.165, 1.54) is 48.2 Å². The Bertz CT molecular complexity index is 1570. The van der Waals surface area contributed by atoms with Crippen molar-refractivity contribution in [1.82, 2.24) is 4.98 Å². The van der Waals surface area contributed by atoms with Gasteiger partial charge in [0, 0.05) is 9.92 Å². The van der Waals surface area contributed by atoms with Crippen molar-refractivity contribution in [3.8, 4) is 0 Å². The van der Waals surface area contributed by atoms with Gasteiger partial charge >= 0.3 is 0 Å². The minimum atomic E-state index is -4.09. The molecule has 0 aliphatic carbocycles. The van der Waals surface area contributed by atoms with Crippen molar-refractivity contribution in [2.24, 2.45) is 0 Å². The number of halogens is 3. The van der Waals surface area contributed by atoms with Crippen molar-refractivity contribution in [2.75, 3.05) is 4.72 Å². The Labute approximate surface area is 220 Å². The number of nitrogens with one attached hydrogen (secondary N) is 1. The first-order valence-electron chi connectivity index (χ1n) is 9.83. The Balaban J connectivity index is 1.71. The van der Waals surface area contributed by atoms with Gasteiger partial charge in [0.05, 0.1) is 31.5 Å². The summed E-state index contributed by atoms with van der Waals surface area (Å²) < 4.78 is 30.3. The molecule has 11 heteroatoms. The van der Waals surface area contributed by atoms with Crippen molar-refractivity contribution in [3.63, 3.8) is 0 Å². The molecule has 0 bridgehead atoms. The van der Waals surface area contributed by atoms with Crippen LogP contribution in [0.1, 0.15) is 28.4 Å². The van der Waals surface area contributed by atoms with E-state index < -0.39 is 10.0 Å². The monoisotopic (exact) mass is 570 g/mol. The number of aromatic nitrogens is 1. The number of aryl methyl sites for hydroxylation is 2. The Hall–Kier alpha value is -1.81. The molecule has 34 heavy (non-hydrogen) atoms. The number of fused-ring (bicyclic) bond motifs is 1. The third-order valence-electron chi connectivity index (χ3n) is 4.92. The number of carbonyl (C=O) groups excluding carboxylic acids is 1. The molecule has 0 fully saturated rings. The van der Waals surface area contributed by atoms with Gasteiger partial charge in [-0.25, -0.2) is 13.4 Å². The summed E-state index contributed by atoms with van der Waals surface area (Å²) in [5.41, 5.74) is 2.82. The summed E-state index contributed by atoms with van der Waals surface area (Å²) in [5.74, 6) is -0.300. The fraction of sp³-hybridized carbons (Fsp3) is 0.130. The highest BCUT2D eigenvalue weighted by atomic mass is 35.5. The van der Waals surface area contributed by atoms with E-state index in [9.17, 15) is 13.2 Å². The lowest BCUT2D eigenvalue weighted by molar-refractivity contribution is 0.101. The fourth-order valence-corrected chi connectivity index (χ4v) is 7.80. The highest BCUT2D eigenvalue weighted by Gasteiger charge is 2.24. The lowest BCUT2D eigenvalue weighted by Gasteiger charge is -2.15. The van der Waals surface area contributed by atoms with Gasteiger partial charge in [0.15, 0.2) is 10.1 Å². The molecular weight excluding hydrogens is 555 g/mol. The number of rotatable bonds is 6. The van der Waals surface area contributed by atoms with E-state index in [2.05, 4.69) is 9.71 Å². The zero-order valence-electron chi connectivity index (χ0n) is 18.1. The molecule has 0 spiro atoms. The minimum absolute atomic E-state index is 0.000150. The third kappa shape index (κ3) is 5.08. The molecule has 0 saturated heterocycles. The number of benzene rings is 3. The minimum Gasteiger partial charge on any atom is -0.294 e. The summed E-state index contributed by atoms with van der Waals surface area (Å²) in [6.07, 6.45) is 0. The maximum atomic E-state index is 13.0. The van der Waals surface area contributed by atoms with Crippen molar-refractivity contribution >= 4 is 89.6 Å². The van der Waals surface area contributed by atoms with Crippen LogP contribution in [-0.4, -0.2) is 19.2 Å². The van der Waals surface area contributed by atoms with Gasteiger partial charge in [-0.3, -0.25) is 9.52 Å². The molecule has 0 unspecified atom stereocenters. The zero-order chi connectivity index (χ0) is 24.8. The lowest BCUT2D eigenvalue weighted by atomic mass is 10.1. The number of sulfonamides is 1. The maximum absolute atomic E-state index is 13.0. The first-order valence-corrected chi connectivity index (χ1v) is 14.1. The van der Waals surface area contributed by atoms with Crippen LogP contribution in [0.15, 0.2) is 56.6 Å². The van der Waals surface area contributed by atoms with Crippen molar-refractivity contribution in [1.29, 1.82) is 0 Å². The Morgan fingerprint density at radius 1 is 1.03 bits per heavy atom. The summed E-state index contributed by atoms with van der Waals surface area (Å²) in [6.45, 7) is 5.05. The fourth-order valence-electron chi connectivity index (χ4n) is 3.24. The molecular formula is C23H17Cl3N2O3S3. The predicted molar refractivity (Wildman–Crippen MR) is 142 cm³/mol. The lowest BCUT2D eigenvalue weighted by Crippen LogP contribution is -2.15. The smallest absolute Gasteiger partial charge is 0.263 e. The van der Waals surface area contributed by atoms with Crippen molar-refractivity contribution in [3.05, 3.63) is 74.2 Å². The molecule has 5 nitrogen and oxygen atoms in total. The molecule has 1 aromatic heterocycles. The van der Waals surface area contributed by atoms with Gasteiger partial charge in [0.2, 0.25) is 0 Å². The second-order valence-corrected chi connectivity index (χ2v) is 12.7. The molecule has 1 heterocycles. The standard InChI is InChI=1S/C23H17Cl3N2O3S3/c1-11-4-6-18-17(8-11)27-23(32-18)33-19-7-5-16(22(26)21(19)13(3)29)28-34(30,31)20-9-12(2)14(24)10-15(20)25/h4-10,28H,1-3H3. The molecule has 0 radical (unpaired) electrons. The number of ketones is 1. The Morgan fingerprint density at radius 2 is 1.76 bits per heavy atom. The number of hydrogen-bond acceptors (Lipinski definition) is 6. The molecule has 0 amide bonds. The summed E-state index contributed by atoms with van der Waals surface area (Å²) >= 11 is 21.5. The Morgan fingerprint density at radius 3 is 2.47 bits per heavy atom. The quantitative estimate of drug-likeness (QED) is 0.237. The highest BCUT2D eigenvalue weighted by Crippen LogP contribution is 2.41. The molecule has 1 N–H and O–H groups in total. The van der Waals surface area contributed by atoms with E-state index in [1.54, 1.807) is 13.0 Å². The van der Waals surface area contributed by atoms with E-state index in [-0.39, 0.29) is 32.0 Å². The van der Waals surface area contributed by atoms with Gasteiger partial charge < -0.3 is 0 Å². The molecule has 0 saturated carbocycles. The SMILES string of the molecule is CC(=O)c1c(Sc2nc3cc(C)ccc3s2)ccc(NS(=O)(=O)c2cc(C)c(Cl)cc2Cl)c1Cl. The highest BCUT2D eigenvalue weighted by molar-refractivity contribution is 8.01. The molecule has 176 valence electrons. The summed E-state index contributed by atoms with van der Waals surface area (Å²) in [7, 11) is -4.09. The summed E-state index contributed by atoms with van der Waals surface area (Å²) in [6, 6.07) is 11.9. The van der Waals surface area contributed by atoms with Gasteiger partial charge in [0.25, 0.3) is 10.0 Å². The second-order valence-electron chi connectivity index (χ2n) is 7.55. The third-order valence-corrected chi connectivity index (χ3v) is 9.71. The van der Waals surface area contributed by atoms with Crippen LogP contribution >= 0.6 is 57.9 Å². The largest absolute Gasteiger partial charge is 0.294 e. The van der Waals surface area contributed by atoms with Gasteiger partial charge in [-0.2, -0.15) is 0 Å². The van der Waals surface area contributed by atoms with Crippen LogP contribution in [0.3, 0.4) is 0 Å². The van der Waals surface area contributed by atoms with Crippen LogP contribution in [0.2, 0.25) is 15.1 Å². The Kier molecular flexibility index (Phi) is 7.20. The second kappa shape index (κ2) is 9.68. The van der Waals surface area contributed by atoms with Crippen LogP contribution in [0, 0.1) is 13.8 Å². The van der Waals surface area contributed by atoms with Crippen LogP contribution < -0.4 is 4.72 Å². The van der Waals surface area contributed by atoms with Crippen LogP contribution in [0.4, 0.5) is 5.69 Å². The molecule has 4 aromatic rings. The van der Waals surface area contributed by atoms with Crippen LogP contribution in [-0.2, 0) is 10.0 Å². The molecule has 3 aromatic carbocycles. The number of hydrogen-bond donors (Lipinski definition) is 1. The van der Waals surface area contributed by atoms with Gasteiger partial charge in [-0.05, 0) is 68.3 Å². The van der Waals surface area contributed by atoms with E-state index in [4.69, 9.17) is 34.8 Å². The topological polar surface area (TPSA) is 76.1 Å². The predicted octanol–water partition coefficient (Wildman–Crippen LogP) is 8.03. The number of anilines is 1. The molecule has 0 atom stereocenters. The molecule has 0 aliphatic rings. The first-order chi connectivity index (χ1) is 16.0. The zero-order valence-corrected chi connectivity index (χ0v) is 22.8. The van der Waals surface area contributed by atoms with E-state index in [0.29, 0.717) is 15.5 Å². The molecule has 0 aliphatic heterocycles. The van der Waals surface area contributed by atoms with E-state index in [1.807, 2.05) is 25.1 Å². The van der Waals surface area contributed by atoms with E-state index in [0.717, 1.165) is 20.1 Å². The normalized spacial score (nSPS) is 11.7. The average molecular weight is 572 g/mol. The van der Waals surface area contributed by atoms with Crippen molar-refractivity contribution < 1.29 is 13.2 Å². The van der Waals surface area contributed by atoms with Gasteiger partial charge in [0.1, 0.15) is 4.90 Å². The molecule has 4 rings (SSSR count). The van der Waals surface area contributed by atoms with Crippen molar-refractivity contribution in [2.45, 2.75) is 34.9 Å². The van der Waals surface area contributed by atoms with Crippen LogP contribution in [0.5, 0.6) is 0 Å². The summed E-state index contributed by atoms with van der Waals surface area (Å²) in [4.78, 5) is 17.6. The number of thiazole rings is 1. The maximum Gasteiger partial charge on any atom is 0.263 e. The van der Waals surface area contributed by atoms with E-state index >= 15 is 0 Å². The van der Waals surface area contributed by atoms with Gasteiger partial charge in [-0.1, -0.05) is 52.6 Å². The van der Waals surface area contributed by atoms with Crippen LogP contribution in [0.25, 0.3) is 10.2 Å². The summed E-state index contributed by atoms with van der Waals surface area (Å²) in [5, 5.41) is 0.330. The average Bonchev–Trinajstić information content (AvgIpc) is 3.13. The number of nitrogens with zero attached hydrogens (tertiary/aromatic N) is 1. The first kappa shape index (κ1) is 25.3.